The van der Waals surface area contributed by atoms with Crippen LogP contribution in [0.2, 0.25) is 5.02 Å². The summed E-state index contributed by atoms with van der Waals surface area (Å²) in [6.45, 7) is 3.90. The highest BCUT2D eigenvalue weighted by atomic mass is 35.5. The monoisotopic (exact) mass is 283 g/mol. The molecule has 0 fully saturated rings. The molecule has 0 saturated heterocycles. The highest BCUT2D eigenvalue weighted by Crippen LogP contribution is 2.26. The first-order valence-corrected chi connectivity index (χ1v) is 6.45. The molecule has 0 aliphatic rings. The van der Waals surface area contributed by atoms with Gasteiger partial charge in [-0.05, 0) is 31.5 Å². The van der Waals surface area contributed by atoms with Gasteiger partial charge in [-0.3, -0.25) is 0 Å². The molecule has 0 amide bonds. The quantitative estimate of drug-likeness (QED) is 0.934. The Bertz CT molecular complexity index is 571. The summed E-state index contributed by atoms with van der Waals surface area (Å²) in [5.74, 6) is 0.414. The van der Waals surface area contributed by atoms with E-state index in [1.807, 2.05) is 13.8 Å². The van der Waals surface area contributed by atoms with Crippen molar-refractivity contribution in [3.05, 3.63) is 34.9 Å². The van der Waals surface area contributed by atoms with Gasteiger partial charge in [-0.2, -0.15) is 4.98 Å². The largest absolute Gasteiger partial charge is 0.339 e. The van der Waals surface area contributed by atoms with Crippen LogP contribution < -0.4 is 5.73 Å². The maximum atomic E-state index is 13.1. The van der Waals surface area contributed by atoms with E-state index in [0.29, 0.717) is 17.3 Å². The van der Waals surface area contributed by atoms with E-state index in [0.717, 1.165) is 6.42 Å². The lowest BCUT2D eigenvalue weighted by Crippen LogP contribution is -2.24. The van der Waals surface area contributed by atoms with Crippen LogP contribution in [0.3, 0.4) is 0 Å². The van der Waals surface area contributed by atoms with E-state index in [1.54, 1.807) is 6.07 Å². The zero-order chi connectivity index (χ0) is 14.0. The summed E-state index contributed by atoms with van der Waals surface area (Å²) in [6.07, 6.45) is 0.809. The van der Waals surface area contributed by atoms with Crippen molar-refractivity contribution in [2.24, 2.45) is 5.73 Å². The molecule has 102 valence electrons. The summed E-state index contributed by atoms with van der Waals surface area (Å²) in [4.78, 5) is 4.30. The van der Waals surface area contributed by atoms with E-state index in [1.165, 1.54) is 12.1 Å². The standard InChI is InChI=1S/C13H15ClFN3O/c1-3-9(7(2)16)13-17-12(18-19-13)8-4-5-11(15)10(14)6-8/h4-7,9H,3,16H2,1-2H3. The normalized spacial score (nSPS) is 14.4. The number of hydrogen-bond acceptors (Lipinski definition) is 4. The molecule has 0 aliphatic carbocycles. The van der Waals surface area contributed by atoms with Crippen LogP contribution in [-0.4, -0.2) is 16.2 Å². The van der Waals surface area contributed by atoms with Crippen molar-refractivity contribution >= 4 is 11.6 Å². The highest BCUT2D eigenvalue weighted by Gasteiger charge is 2.21. The Balaban J connectivity index is 2.32. The Morgan fingerprint density at radius 1 is 1.47 bits per heavy atom. The Morgan fingerprint density at radius 2 is 2.21 bits per heavy atom. The van der Waals surface area contributed by atoms with Crippen molar-refractivity contribution < 1.29 is 8.91 Å². The second-order valence-electron chi connectivity index (χ2n) is 4.46. The van der Waals surface area contributed by atoms with Crippen molar-refractivity contribution in [3.8, 4) is 11.4 Å². The van der Waals surface area contributed by atoms with Gasteiger partial charge >= 0.3 is 0 Å². The maximum absolute atomic E-state index is 13.1. The van der Waals surface area contributed by atoms with E-state index in [2.05, 4.69) is 10.1 Å². The van der Waals surface area contributed by atoms with Crippen LogP contribution in [0.4, 0.5) is 4.39 Å². The fraction of sp³-hybridized carbons (Fsp3) is 0.385. The minimum Gasteiger partial charge on any atom is -0.339 e. The van der Waals surface area contributed by atoms with Gasteiger partial charge in [0.2, 0.25) is 11.7 Å². The van der Waals surface area contributed by atoms with Gasteiger partial charge in [0, 0.05) is 11.6 Å². The predicted molar refractivity (Wildman–Crippen MR) is 71.4 cm³/mol. The summed E-state index contributed by atoms with van der Waals surface area (Å²) < 4.78 is 18.3. The van der Waals surface area contributed by atoms with Crippen LogP contribution >= 0.6 is 11.6 Å². The molecule has 0 saturated carbocycles. The van der Waals surface area contributed by atoms with Gasteiger partial charge in [-0.15, -0.1) is 0 Å². The van der Waals surface area contributed by atoms with Gasteiger partial charge < -0.3 is 10.3 Å². The SMILES string of the molecule is CCC(c1nc(-c2ccc(F)c(Cl)c2)no1)C(C)N. The number of hydrogen-bond donors (Lipinski definition) is 1. The van der Waals surface area contributed by atoms with E-state index < -0.39 is 5.82 Å². The van der Waals surface area contributed by atoms with Gasteiger partial charge in [-0.1, -0.05) is 23.7 Å². The fourth-order valence-electron chi connectivity index (χ4n) is 1.91. The zero-order valence-electron chi connectivity index (χ0n) is 10.7. The number of rotatable bonds is 4. The first-order valence-electron chi connectivity index (χ1n) is 6.07. The molecule has 6 heteroatoms. The molecule has 1 aromatic carbocycles. The third-order valence-electron chi connectivity index (χ3n) is 3.01. The average molecular weight is 284 g/mol. The van der Waals surface area contributed by atoms with Crippen molar-refractivity contribution in [1.29, 1.82) is 0 Å². The summed E-state index contributed by atoms with van der Waals surface area (Å²) >= 11 is 5.73. The Hall–Kier alpha value is -1.46. The van der Waals surface area contributed by atoms with E-state index in [9.17, 15) is 4.39 Å². The molecule has 0 spiro atoms. The predicted octanol–water partition coefficient (Wildman–Crippen LogP) is 3.37. The van der Waals surface area contributed by atoms with Crippen molar-refractivity contribution in [2.45, 2.75) is 32.2 Å². The highest BCUT2D eigenvalue weighted by molar-refractivity contribution is 6.31. The van der Waals surface area contributed by atoms with Crippen LogP contribution in [0.1, 0.15) is 32.1 Å². The smallest absolute Gasteiger partial charge is 0.231 e. The molecule has 19 heavy (non-hydrogen) atoms. The molecule has 2 N–H and O–H groups in total. The molecule has 0 bridgehead atoms. The number of benzene rings is 1. The zero-order valence-corrected chi connectivity index (χ0v) is 11.5. The molecule has 2 atom stereocenters. The lowest BCUT2D eigenvalue weighted by Gasteiger charge is -2.13. The average Bonchev–Trinajstić information content (AvgIpc) is 2.82. The van der Waals surface area contributed by atoms with Crippen LogP contribution in [-0.2, 0) is 0 Å². The molecule has 2 aromatic rings. The Kier molecular flexibility index (Phi) is 4.17. The molecular weight excluding hydrogens is 269 g/mol. The number of nitrogens with zero attached hydrogens (tertiary/aromatic N) is 2. The first kappa shape index (κ1) is 14.0. The second-order valence-corrected chi connectivity index (χ2v) is 4.87. The molecule has 2 unspecified atom stereocenters. The van der Waals surface area contributed by atoms with Gasteiger partial charge in [0.1, 0.15) is 5.82 Å². The minimum atomic E-state index is -0.476. The lowest BCUT2D eigenvalue weighted by atomic mass is 9.99. The molecule has 1 aromatic heterocycles. The summed E-state index contributed by atoms with van der Waals surface area (Å²) in [5.41, 5.74) is 6.48. The van der Waals surface area contributed by atoms with Crippen LogP contribution in [0.15, 0.2) is 22.7 Å². The third kappa shape index (κ3) is 2.93. The molecule has 0 radical (unpaired) electrons. The maximum Gasteiger partial charge on any atom is 0.231 e. The third-order valence-corrected chi connectivity index (χ3v) is 3.30. The van der Waals surface area contributed by atoms with Crippen molar-refractivity contribution in [3.63, 3.8) is 0 Å². The summed E-state index contributed by atoms with van der Waals surface area (Å²) in [6, 6.07) is 4.23. The number of nitrogens with two attached hydrogens (primary N) is 1. The Labute approximate surface area is 115 Å². The molecule has 1 heterocycles. The van der Waals surface area contributed by atoms with Crippen LogP contribution in [0.25, 0.3) is 11.4 Å². The van der Waals surface area contributed by atoms with Crippen LogP contribution in [0.5, 0.6) is 0 Å². The summed E-state index contributed by atoms with van der Waals surface area (Å²) in [7, 11) is 0. The van der Waals surface area contributed by atoms with Gasteiger partial charge in [0.25, 0.3) is 0 Å². The second kappa shape index (κ2) is 5.67. The number of halogens is 2. The van der Waals surface area contributed by atoms with E-state index in [-0.39, 0.29) is 17.0 Å². The van der Waals surface area contributed by atoms with Gasteiger partial charge in [0.05, 0.1) is 10.9 Å². The molecule has 0 aliphatic heterocycles. The van der Waals surface area contributed by atoms with Gasteiger partial charge in [0.15, 0.2) is 0 Å². The van der Waals surface area contributed by atoms with Crippen LogP contribution in [0, 0.1) is 5.82 Å². The number of aromatic nitrogens is 2. The minimum absolute atomic E-state index is 0.0113. The molecular formula is C13H15ClFN3O. The Morgan fingerprint density at radius 3 is 2.79 bits per heavy atom. The fourth-order valence-corrected chi connectivity index (χ4v) is 2.09. The van der Waals surface area contributed by atoms with E-state index in [4.69, 9.17) is 21.9 Å². The summed E-state index contributed by atoms with van der Waals surface area (Å²) in [5, 5.41) is 3.92. The lowest BCUT2D eigenvalue weighted by molar-refractivity contribution is 0.334. The van der Waals surface area contributed by atoms with E-state index >= 15 is 0 Å². The van der Waals surface area contributed by atoms with Crippen molar-refractivity contribution in [2.75, 3.05) is 0 Å². The van der Waals surface area contributed by atoms with Gasteiger partial charge in [-0.25, -0.2) is 4.39 Å². The molecule has 4 nitrogen and oxygen atoms in total. The van der Waals surface area contributed by atoms with Crippen molar-refractivity contribution in [1.82, 2.24) is 10.1 Å². The molecule has 2 rings (SSSR count). The topological polar surface area (TPSA) is 64.9 Å². The first-order chi connectivity index (χ1) is 9.02.